The molecule has 0 bridgehead atoms. The number of Topliss-reactive ketones (excluding diaryl/α,β-unsaturated/α-hetero) is 2. The molecule has 126 valence electrons. The molecule has 0 saturated heterocycles. The number of furan rings is 1. The molecule has 1 heterocycles. The Kier molecular flexibility index (Phi) is 4.94. The molecule has 1 unspecified atom stereocenters. The highest BCUT2D eigenvalue weighted by molar-refractivity contribution is 6.01. The molecular weight excluding hydrogens is 312 g/mol. The molecule has 0 fully saturated rings. The van der Waals surface area contributed by atoms with Crippen LogP contribution in [0.25, 0.3) is 11.3 Å². The molecule has 1 aromatic heterocycles. The van der Waals surface area contributed by atoms with E-state index in [2.05, 4.69) is 0 Å². The molecule has 3 heteroatoms. The van der Waals surface area contributed by atoms with E-state index in [1.807, 2.05) is 72.8 Å². The summed E-state index contributed by atoms with van der Waals surface area (Å²) in [5.74, 6) is -0.133. The van der Waals surface area contributed by atoms with Crippen molar-refractivity contribution in [2.75, 3.05) is 0 Å². The first-order chi connectivity index (χ1) is 12.1. The fourth-order valence-corrected chi connectivity index (χ4v) is 3.21. The highest BCUT2D eigenvalue weighted by atomic mass is 16.3. The lowest BCUT2D eigenvalue weighted by Crippen LogP contribution is -2.27. The van der Waals surface area contributed by atoms with Crippen LogP contribution in [0.1, 0.15) is 31.1 Å². The second kappa shape index (κ2) is 7.31. The zero-order valence-electron chi connectivity index (χ0n) is 14.3. The Morgan fingerprint density at radius 3 is 1.88 bits per heavy atom. The van der Waals surface area contributed by atoms with Crippen LogP contribution in [0, 0.1) is 5.92 Å². The topological polar surface area (TPSA) is 47.3 Å². The summed E-state index contributed by atoms with van der Waals surface area (Å²) in [6.07, 6.45) is 0. The van der Waals surface area contributed by atoms with Gasteiger partial charge >= 0.3 is 0 Å². The lowest BCUT2D eigenvalue weighted by Gasteiger charge is -2.22. The Bertz CT molecular complexity index is 849. The van der Waals surface area contributed by atoms with E-state index in [1.54, 1.807) is 0 Å². The van der Waals surface area contributed by atoms with E-state index in [-0.39, 0.29) is 11.6 Å². The number of carbonyl (C=O) groups excluding carboxylic acids is 2. The summed E-state index contributed by atoms with van der Waals surface area (Å²) < 4.78 is 6.06. The van der Waals surface area contributed by atoms with Crippen molar-refractivity contribution in [1.82, 2.24) is 0 Å². The van der Waals surface area contributed by atoms with E-state index in [4.69, 9.17) is 4.42 Å². The number of hydrogen-bond acceptors (Lipinski definition) is 3. The maximum absolute atomic E-state index is 12.2. The van der Waals surface area contributed by atoms with Crippen LogP contribution in [-0.2, 0) is 9.59 Å². The van der Waals surface area contributed by atoms with Gasteiger partial charge in [0.05, 0.1) is 11.8 Å². The molecule has 2 aromatic carbocycles. The summed E-state index contributed by atoms with van der Waals surface area (Å²) in [6.45, 7) is 2.92. The number of benzene rings is 2. The van der Waals surface area contributed by atoms with Gasteiger partial charge in [0.15, 0.2) is 0 Å². The van der Waals surface area contributed by atoms with Crippen molar-refractivity contribution in [3.63, 3.8) is 0 Å². The smallest absolute Gasteiger partial charge is 0.141 e. The van der Waals surface area contributed by atoms with Crippen molar-refractivity contribution in [3.8, 4) is 11.3 Å². The molecule has 3 rings (SSSR count). The molecule has 0 amide bonds. The first kappa shape index (κ1) is 16.9. The number of carbonyl (C=O) groups is 2. The van der Waals surface area contributed by atoms with Crippen molar-refractivity contribution in [3.05, 3.63) is 84.1 Å². The quantitative estimate of drug-likeness (QED) is 0.605. The van der Waals surface area contributed by atoms with Crippen LogP contribution in [0.15, 0.2) is 77.2 Å². The third-order valence-corrected chi connectivity index (χ3v) is 4.36. The van der Waals surface area contributed by atoms with Gasteiger partial charge in [-0.15, -0.1) is 0 Å². The molecule has 0 radical (unpaired) electrons. The average molecular weight is 332 g/mol. The molecule has 0 aliphatic carbocycles. The highest BCUT2D eigenvalue weighted by Gasteiger charge is 2.34. The minimum atomic E-state index is -0.753. The summed E-state index contributed by atoms with van der Waals surface area (Å²) in [6, 6.07) is 23.1. The Labute approximate surface area is 147 Å². The SMILES string of the molecule is CC(=O)C(C(C)=O)C(c1ccccc1)c1ccc(-c2ccccc2)o1. The molecular formula is C22H20O3. The summed E-state index contributed by atoms with van der Waals surface area (Å²) in [5, 5.41) is 0. The van der Waals surface area contributed by atoms with Crippen molar-refractivity contribution in [2.45, 2.75) is 19.8 Å². The van der Waals surface area contributed by atoms with Gasteiger partial charge in [-0.25, -0.2) is 0 Å². The van der Waals surface area contributed by atoms with Gasteiger partial charge in [-0.1, -0.05) is 60.7 Å². The predicted octanol–water partition coefficient (Wildman–Crippen LogP) is 4.87. The first-order valence-corrected chi connectivity index (χ1v) is 8.29. The monoisotopic (exact) mass is 332 g/mol. The van der Waals surface area contributed by atoms with Gasteiger partial charge in [0.1, 0.15) is 23.1 Å². The number of ketones is 2. The fraction of sp³-hybridized carbons (Fsp3) is 0.182. The molecule has 0 saturated carbocycles. The maximum Gasteiger partial charge on any atom is 0.141 e. The Morgan fingerprint density at radius 2 is 1.32 bits per heavy atom. The van der Waals surface area contributed by atoms with Crippen LogP contribution in [-0.4, -0.2) is 11.6 Å². The van der Waals surface area contributed by atoms with E-state index in [1.165, 1.54) is 13.8 Å². The molecule has 0 aliphatic heterocycles. The zero-order chi connectivity index (χ0) is 17.8. The van der Waals surface area contributed by atoms with Gasteiger partial charge in [-0.2, -0.15) is 0 Å². The molecule has 3 aromatic rings. The first-order valence-electron chi connectivity index (χ1n) is 8.29. The van der Waals surface area contributed by atoms with Crippen LogP contribution in [0.2, 0.25) is 0 Å². The Balaban J connectivity index is 2.08. The Hall–Kier alpha value is -2.94. The van der Waals surface area contributed by atoms with Crippen LogP contribution >= 0.6 is 0 Å². The van der Waals surface area contributed by atoms with Gasteiger partial charge in [-0.05, 0) is 31.5 Å². The predicted molar refractivity (Wildman–Crippen MR) is 97.3 cm³/mol. The number of hydrogen-bond donors (Lipinski definition) is 0. The molecule has 0 aliphatic rings. The summed E-state index contributed by atoms with van der Waals surface area (Å²) >= 11 is 0. The van der Waals surface area contributed by atoms with Gasteiger partial charge in [-0.3, -0.25) is 9.59 Å². The van der Waals surface area contributed by atoms with Gasteiger partial charge in [0.25, 0.3) is 0 Å². The van der Waals surface area contributed by atoms with Gasteiger partial charge < -0.3 is 4.42 Å². The summed E-state index contributed by atoms with van der Waals surface area (Å²) in [4.78, 5) is 24.4. The number of rotatable bonds is 6. The van der Waals surface area contributed by atoms with Crippen molar-refractivity contribution in [2.24, 2.45) is 5.92 Å². The van der Waals surface area contributed by atoms with Crippen molar-refractivity contribution in [1.29, 1.82) is 0 Å². The maximum atomic E-state index is 12.2. The minimum Gasteiger partial charge on any atom is -0.460 e. The lowest BCUT2D eigenvalue weighted by molar-refractivity contribution is -0.131. The zero-order valence-corrected chi connectivity index (χ0v) is 14.3. The largest absolute Gasteiger partial charge is 0.460 e. The third kappa shape index (κ3) is 3.61. The van der Waals surface area contributed by atoms with E-state index >= 15 is 0 Å². The standard InChI is InChI=1S/C22H20O3/c1-15(23)21(16(2)24)22(18-11-7-4-8-12-18)20-14-13-19(25-20)17-9-5-3-6-10-17/h3-14,21-22H,1-2H3. The lowest BCUT2D eigenvalue weighted by atomic mass is 9.80. The van der Waals surface area contributed by atoms with Crippen molar-refractivity contribution < 1.29 is 14.0 Å². The van der Waals surface area contributed by atoms with Crippen LogP contribution in [0.3, 0.4) is 0 Å². The minimum absolute atomic E-state index is 0.154. The molecule has 1 atom stereocenters. The fourth-order valence-electron chi connectivity index (χ4n) is 3.21. The van der Waals surface area contributed by atoms with Gasteiger partial charge in [0, 0.05) is 5.56 Å². The Morgan fingerprint density at radius 1 is 0.760 bits per heavy atom. The van der Waals surface area contributed by atoms with Crippen molar-refractivity contribution >= 4 is 11.6 Å². The molecule has 25 heavy (non-hydrogen) atoms. The summed E-state index contributed by atoms with van der Waals surface area (Å²) in [7, 11) is 0. The van der Waals surface area contributed by atoms with Crippen LogP contribution in [0.5, 0.6) is 0 Å². The molecule has 0 N–H and O–H groups in total. The molecule has 0 spiro atoms. The van der Waals surface area contributed by atoms with Gasteiger partial charge in [0.2, 0.25) is 0 Å². The van der Waals surface area contributed by atoms with E-state index in [9.17, 15) is 9.59 Å². The van der Waals surface area contributed by atoms with E-state index < -0.39 is 11.8 Å². The molecule has 3 nitrogen and oxygen atoms in total. The second-order valence-electron chi connectivity index (χ2n) is 6.16. The van der Waals surface area contributed by atoms with E-state index in [0.29, 0.717) is 5.76 Å². The van der Waals surface area contributed by atoms with E-state index in [0.717, 1.165) is 16.9 Å². The van der Waals surface area contributed by atoms with Crippen LogP contribution < -0.4 is 0 Å². The average Bonchev–Trinajstić information content (AvgIpc) is 3.10. The normalized spacial score (nSPS) is 12.1. The third-order valence-electron chi connectivity index (χ3n) is 4.36. The van der Waals surface area contributed by atoms with Crippen LogP contribution in [0.4, 0.5) is 0 Å². The summed E-state index contributed by atoms with van der Waals surface area (Å²) in [5.41, 5.74) is 1.86. The highest BCUT2D eigenvalue weighted by Crippen LogP contribution is 2.36. The second-order valence-corrected chi connectivity index (χ2v) is 6.16.